The van der Waals surface area contributed by atoms with Gasteiger partial charge in [-0.2, -0.15) is 0 Å². The molecule has 0 aliphatic rings. The van der Waals surface area contributed by atoms with Crippen LogP contribution in [0.2, 0.25) is 0 Å². The molecule has 0 rings (SSSR count). The molecule has 0 aromatic heterocycles. The number of Topliss-reactive ketones (excluding diaryl/α,β-unsaturated/α-hetero) is 1. The first kappa shape index (κ1) is 12.9. The van der Waals surface area contributed by atoms with Crippen LogP contribution in [0.25, 0.3) is 0 Å². The summed E-state index contributed by atoms with van der Waals surface area (Å²) in [5.74, 6) is 1.98. The first-order valence-electron chi connectivity index (χ1n) is 5.06. The van der Waals surface area contributed by atoms with Gasteiger partial charge in [-0.05, 0) is 38.0 Å². The summed E-state index contributed by atoms with van der Waals surface area (Å²) in [6.07, 6.45) is 14.2. The minimum Gasteiger partial charge on any atom is -0.396 e. The summed E-state index contributed by atoms with van der Waals surface area (Å²) in [7, 11) is 0. The topological polar surface area (TPSA) is 37.3 Å². The van der Waals surface area contributed by atoms with Gasteiger partial charge in [-0.25, -0.2) is 0 Å². The first-order valence-corrected chi connectivity index (χ1v) is 5.06. The number of aliphatic hydroxyl groups excluding tert-OH is 1. The molecule has 0 saturated heterocycles. The Morgan fingerprint density at radius 2 is 1.86 bits per heavy atom. The molecular weight excluding hydrogens is 176 g/mol. The summed E-state index contributed by atoms with van der Waals surface area (Å²) in [6, 6.07) is 0. The second kappa shape index (κ2) is 10.0. The van der Waals surface area contributed by atoms with Crippen LogP contribution in [0.15, 0.2) is 12.2 Å². The average molecular weight is 194 g/mol. The largest absolute Gasteiger partial charge is 0.396 e. The Morgan fingerprint density at radius 1 is 1.21 bits per heavy atom. The normalized spacial score (nSPS) is 10.3. The van der Waals surface area contributed by atoms with Crippen molar-refractivity contribution in [2.24, 2.45) is 0 Å². The minimum atomic E-state index is -0.112. The molecule has 0 fully saturated rings. The fraction of sp³-hybridized carbons (Fsp3) is 0.583. The fourth-order valence-corrected chi connectivity index (χ4v) is 1.06. The van der Waals surface area contributed by atoms with Gasteiger partial charge >= 0.3 is 0 Å². The summed E-state index contributed by atoms with van der Waals surface area (Å²) in [5, 5.41) is 8.51. The van der Waals surface area contributed by atoms with E-state index in [4.69, 9.17) is 11.5 Å². The van der Waals surface area contributed by atoms with Crippen molar-refractivity contribution >= 4 is 5.78 Å². The molecule has 0 bridgehead atoms. The number of carbonyl (C=O) groups is 1. The van der Waals surface area contributed by atoms with Gasteiger partial charge in [-0.15, -0.1) is 6.42 Å². The van der Waals surface area contributed by atoms with E-state index < -0.39 is 0 Å². The fourth-order valence-electron chi connectivity index (χ4n) is 1.06. The van der Waals surface area contributed by atoms with E-state index in [2.05, 4.69) is 18.1 Å². The van der Waals surface area contributed by atoms with Crippen molar-refractivity contribution in [2.75, 3.05) is 6.61 Å². The Kier molecular flexibility index (Phi) is 9.25. The molecule has 0 radical (unpaired) electrons. The van der Waals surface area contributed by atoms with Crippen molar-refractivity contribution in [3.05, 3.63) is 12.2 Å². The summed E-state index contributed by atoms with van der Waals surface area (Å²) in [6.45, 7) is 0.268. The van der Waals surface area contributed by atoms with Gasteiger partial charge in [0.05, 0.1) is 0 Å². The maximum atomic E-state index is 10.7. The van der Waals surface area contributed by atoms with Crippen molar-refractivity contribution in [3.63, 3.8) is 0 Å². The molecule has 14 heavy (non-hydrogen) atoms. The molecule has 2 nitrogen and oxygen atoms in total. The van der Waals surface area contributed by atoms with Crippen LogP contribution in [0.5, 0.6) is 0 Å². The number of ketones is 1. The third kappa shape index (κ3) is 9.02. The summed E-state index contributed by atoms with van der Waals surface area (Å²) < 4.78 is 0. The molecule has 78 valence electrons. The van der Waals surface area contributed by atoms with Gasteiger partial charge in [0.15, 0.2) is 0 Å². The van der Waals surface area contributed by atoms with Gasteiger partial charge < -0.3 is 5.11 Å². The van der Waals surface area contributed by atoms with Gasteiger partial charge in [-0.3, -0.25) is 4.79 Å². The van der Waals surface area contributed by atoms with Crippen LogP contribution < -0.4 is 0 Å². The highest BCUT2D eigenvalue weighted by molar-refractivity contribution is 5.94. The van der Waals surface area contributed by atoms with Crippen LogP contribution in [0.3, 0.4) is 0 Å². The first-order chi connectivity index (χ1) is 6.81. The van der Waals surface area contributed by atoms with Gasteiger partial charge in [-0.1, -0.05) is 12.2 Å². The molecule has 1 N–H and O–H groups in total. The lowest BCUT2D eigenvalue weighted by atomic mass is 10.1. The Hall–Kier alpha value is -1.07. The van der Waals surface area contributed by atoms with Crippen LogP contribution in [-0.4, -0.2) is 17.5 Å². The van der Waals surface area contributed by atoms with Crippen LogP contribution in [0, 0.1) is 12.3 Å². The maximum Gasteiger partial charge on any atom is 0.205 e. The third-order valence-corrected chi connectivity index (χ3v) is 1.88. The Bertz CT molecular complexity index is 211. The smallest absolute Gasteiger partial charge is 0.205 e. The SMILES string of the molecule is C#CC(=O)CCC/C=C\CCCCO. The number of carbonyl (C=O) groups excluding carboxylic acids is 1. The number of terminal acetylenes is 1. The van der Waals surface area contributed by atoms with Gasteiger partial charge in [0, 0.05) is 13.0 Å². The Morgan fingerprint density at radius 3 is 2.43 bits per heavy atom. The standard InChI is InChI=1S/C12H18O2/c1-2-12(14)10-8-6-4-3-5-7-9-11-13/h1,3-4,13H,5-11H2/b4-3-. The van der Waals surface area contributed by atoms with Crippen molar-refractivity contribution in [1.82, 2.24) is 0 Å². The highest BCUT2D eigenvalue weighted by atomic mass is 16.2. The molecular formula is C12H18O2. The molecule has 0 aromatic carbocycles. The molecule has 0 aromatic rings. The Labute approximate surface area is 86.0 Å². The maximum absolute atomic E-state index is 10.7. The van der Waals surface area contributed by atoms with E-state index in [1.54, 1.807) is 0 Å². The molecule has 0 spiro atoms. The molecule has 0 atom stereocenters. The monoisotopic (exact) mass is 194 g/mol. The molecule has 2 heteroatoms. The van der Waals surface area contributed by atoms with Crippen molar-refractivity contribution in [1.29, 1.82) is 0 Å². The zero-order valence-electron chi connectivity index (χ0n) is 8.54. The number of rotatable bonds is 8. The van der Waals surface area contributed by atoms with Gasteiger partial charge in [0.25, 0.3) is 0 Å². The molecule has 0 saturated carbocycles. The number of hydrogen-bond acceptors (Lipinski definition) is 2. The average Bonchev–Trinajstić information content (AvgIpc) is 2.21. The van der Waals surface area contributed by atoms with E-state index >= 15 is 0 Å². The second-order valence-electron chi connectivity index (χ2n) is 3.15. The van der Waals surface area contributed by atoms with E-state index in [1.165, 1.54) is 0 Å². The molecule has 0 unspecified atom stereocenters. The van der Waals surface area contributed by atoms with Gasteiger partial charge in [0.2, 0.25) is 5.78 Å². The summed E-state index contributed by atoms with van der Waals surface area (Å²) >= 11 is 0. The van der Waals surface area contributed by atoms with Crippen molar-refractivity contribution < 1.29 is 9.90 Å². The molecule has 0 heterocycles. The Balaban J connectivity index is 3.19. The van der Waals surface area contributed by atoms with E-state index in [9.17, 15) is 4.79 Å². The van der Waals surface area contributed by atoms with Gasteiger partial charge in [0.1, 0.15) is 0 Å². The number of unbranched alkanes of at least 4 members (excludes halogenated alkanes) is 3. The quantitative estimate of drug-likeness (QED) is 0.278. The van der Waals surface area contributed by atoms with Crippen LogP contribution in [-0.2, 0) is 4.79 Å². The lowest BCUT2D eigenvalue weighted by Gasteiger charge is -1.92. The number of hydrogen-bond donors (Lipinski definition) is 1. The summed E-state index contributed by atoms with van der Waals surface area (Å²) in [4.78, 5) is 10.7. The molecule has 0 aliphatic carbocycles. The predicted molar refractivity (Wildman–Crippen MR) is 57.8 cm³/mol. The lowest BCUT2D eigenvalue weighted by Crippen LogP contribution is -1.90. The predicted octanol–water partition coefficient (Wildman–Crippen LogP) is 2.08. The lowest BCUT2D eigenvalue weighted by molar-refractivity contribution is -0.113. The molecule has 0 amide bonds. The van der Waals surface area contributed by atoms with E-state index in [-0.39, 0.29) is 12.4 Å². The van der Waals surface area contributed by atoms with Crippen LogP contribution >= 0.6 is 0 Å². The van der Waals surface area contributed by atoms with E-state index in [0.29, 0.717) is 6.42 Å². The molecule has 0 aliphatic heterocycles. The van der Waals surface area contributed by atoms with Crippen molar-refractivity contribution in [3.8, 4) is 12.3 Å². The highest BCUT2D eigenvalue weighted by Crippen LogP contribution is 2.00. The van der Waals surface area contributed by atoms with E-state index in [1.807, 2.05) is 0 Å². The highest BCUT2D eigenvalue weighted by Gasteiger charge is 1.93. The van der Waals surface area contributed by atoms with Crippen molar-refractivity contribution in [2.45, 2.75) is 38.5 Å². The van der Waals surface area contributed by atoms with Crippen LogP contribution in [0.1, 0.15) is 38.5 Å². The van der Waals surface area contributed by atoms with E-state index in [0.717, 1.165) is 32.1 Å². The second-order valence-corrected chi connectivity index (χ2v) is 3.15. The summed E-state index contributed by atoms with van der Waals surface area (Å²) in [5.41, 5.74) is 0. The van der Waals surface area contributed by atoms with Crippen LogP contribution in [0.4, 0.5) is 0 Å². The number of allylic oxidation sites excluding steroid dienone is 2. The minimum absolute atomic E-state index is 0.112. The third-order valence-electron chi connectivity index (χ3n) is 1.88. The zero-order valence-corrected chi connectivity index (χ0v) is 8.54. The number of aliphatic hydroxyl groups is 1. The zero-order chi connectivity index (χ0) is 10.6.